The van der Waals surface area contributed by atoms with E-state index in [1.807, 2.05) is 0 Å². The summed E-state index contributed by atoms with van der Waals surface area (Å²) in [7, 11) is 0. The summed E-state index contributed by atoms with van der Waals surface area (Å²) < 4.78 is 42.1. The van der Waals surface area contributed by atoms with Gasteiger partial charge in [0.1, 0.15) is 24.0 Å². The molecule has 3 rings (SSSR count). The quantitative estimate of drug-likeness (QED) is 0.599. The predicted octanol–water partition coefficient (Wildman–Crippen LogP) is 3.66. The Labute approximate surface area is 171 Å². The lowest BCUT2D eigenvalue weighted by molar-refractivity contribution is -0.117. The maximum atomic E-state index is 13.8. The number of nitrogens with one attached hydrogen (secondary N) is 2. The van der Waals surface area contributed by atoms with Gasteiger partial charge >= 0.3 is 0 Å². The van der Waals surface area contributed by atoms with Gasteiger partial charge in [0.25, 0.3) is 5.91 Å². The van der Waals surface area contributed by atoms with Gasteiger partial charge in [-0.05, 0) is 37.3 Å². The molecule has 2 amide bonds. The van der Waals surface area contributed by atoms with Crippen molar-refractivity contribution >= 4 is 39.1 Å². The molecule has 11 heteroatoms. The van der Waals surface area contributed by atoms with E-state index in [0.717, 1.165) is 16.8 Å². The molecule has 0 radical (unpaired) electrons. The summed E-state index contributed by atoms with van der Waals surface area (Å²) in [5.41, 5.74) is -0.151. The maximum Gasteiger partial charge on any atom is 0.278 e. The van der Waals surface area contributed by atoms with Crippen molar-refractivity contribution in [1.29, 1.82) is 0 Å². The minimum atomic E-state index is -0.945. The lowest BCUT2D eigenvalue weighted by Crippen LogP contribution is -2.21. The van der Waals surface area contributed by atoms with Gasteiger partial charge in [0, 0.05) is 10.5 Å². The van der Waals surface area contributed by atoms with Gasteiger partial charge < -0.3 is 10.6 Å². The second kappa shape index (κ2) is 8.43. The van der Waals surface area contributed by atoms with Crippen LogP contribution in [0.15, 0.2) is 40.9 Å². The molecule has 1 heterocycles. The Morgan fingerprint density at radius 3 is 2.38 bits per heavy atom. The summed E-state index contributed by atoms with van der Waals surface area (Å²) >= 11 is 3.12. The molecule has 0 aliphatic rings. The Bertz CT molecular complexity index is 1100. The van der Waals surface area contributed by atoms with E-state index >= 15 is 0 Å². The minimum absolute atomic E-state index is 0.0132. The Balaban J connectivity index is 1.69. The van der Waals surface area contributed by atoms with Crippen LogP contribution in [0.1, 0.15) is 16.2 Å². The van der Waals surface area contributed by atoms with Gasteiger partial charge in [0.05, 0.1) is 17.1 Å². The van der Waals surface area contributed by atoms with Crippen molar-refractivity contribution in [1.82, 2.24) is 15.0 Å². The van der Waals surface area contributed by atoms with E-state index in [1.54, 1.807) is 6.07 Å². The number of aromatic nitrogens is 3. The second-order valence-electron chi connectivity index (χ2n) is 5.93. The summed E-state index contributed by atoms with van der Waals surface area (Å²) in [5.74, 6) is -3.71. The van der Waals surface area contributed by atoms with E-state index in [4.69, 9.17) is 0 Å². The monoisotopic (exact) mass is 467 g/mol. The Kier molecular flexibility index (Phi) is 5.97. The van der Waals surface area contributed by atoms with Crippen LogP contribution in [0, 0.1) is 24.4 Å². The fourth-order valence-electron chi connectivity index (χ4n) is 2.41. The van der Waals surface area contributed by atoms with Crippen LogP contribution in [0.25, 0.3) is 0 Å². The molecule has 2 N–H and O–H groups in total. The van der Waals surface area contributed by atoms with Gasteiger partial charge in [0.15, 0.2) is 5.69 Å². The van der Waals surface area contributed by atoms with Crippen molar-refractivity contribution < 1.29 is 22.8 Å². The van der Waals surface area contributed by atoms with Gasteiger partial charge in [-0.1, -0.05) is 21.1 Å². The maximum absolute atomic E-state index is 13.8. The highest BCUT2D eigenvalue weighted by atomic mass is 79.9. The number of carbonyl (C=O) groups excluding carboxylic acids is 2. The molecule has 0 aliphatic heterocycles. The van der Waals surface area contributed by atoms with Crippen LogP contribution in [-0.4, -0.2) is 26.8 Å². The van der Waals surface area contributed by atoms with E-state index in [0.29, 0.717) is 10.5 Å². The van der Waals surface area contributed by atoms with Crippen molar-refractivity contribution in [2.45, 2.75) is 13.5 Å². The Morgan fingerprint density at radius 1 is 1.03 bits per heavy atom. The molecule has 29 heavy (non-hydrogen) atoms. The van der Waals surface area contributed by atoms with Gasteiger partial charge in [-0.3, -0.25) is 9.59 Å². The summed E-state index contributed by atoms with van der Waals surface area (Å²) in [6.45, 7) is 1.16. The van der Waals surface area contributed by atoms with E-state index in [1.165, 1.54) is 19.1 Å². The summed E-state index contributed by atoms with van der Waals surface area (Å²) in [5, 5.41) is 12.1. The highest BCUT2D eigenvalue weighted by Gasteiger charge is 2.19. The summed E-state index contributed by atoms with van der Waals surface area (Å²) in [6.07, 6.45) is 0. The largest absolute Gasteiger partial charge is 0.322 e. The molecule has 0 unspecified atom stereocenters. The molecule has 7 nitrogen and oxygen atoms in total. The Hall–Kier alpha value is -3.21. The zero-order valence-corrected chi connectivity index (χ0v) is 16.4. The summed E-state index contributed by atoms with van der Waals surface area (Å²) in [6, 6.07) is 6.85. The number of benzene rings is 2. The molecule has 2 aromatic carbocycles. The van der Waals surface area contributed by atoms with Crippen LogP contribution in [0.5, 0.6) is 0 Å². The zero-order valence-electron chi connectivity index (χ0n) is 14.8. The number of hydrogen-bond acceptors (Lipinski definition) is 4. The third-order valence-corrected chi connectivity index (χ3v) is 4.37. The van der Waals surface area contributed by atoms with E-state index in [2.05, 4.69) is 36.9 Å². The first-order valence-corrected chi connectivity index (χ1v) is 8.95. The van der Waals surface area contributed by atoms with Crippen LogP contribution in [0.2, 0.25) is 0 Å². The number of carbonyl (C=O) groups is 2. The van der Waals surface area contributed by atoms with Crippen LogP contribution >= 0.6 is 15.9 Å². The average molecular weight is 468 g/mol. The molecule has 0 spiro atoms. The molecule has 0 saturated heterocycles. The molecule has 3 aromatic rings. The second-order valence-corrected chi connectivity index (χ2v) is 6.85. The first kappa shape index (κ1) is 20.5. The number of nitrogens with zero attached hydrogens (tertiary/aromatic N) is 3. The Morgan fingerprint density at radius 2 is 1.69 bits per heavy atom. The first-order valence-electron chi connectivity index (χ1n) is 8.16. The number of rotatable bonds is 5. The van der Waals surface area contributed by atoms with E-state index in [-0.39, 0.29) is 29.3 Å². The highest BCUT2D eigenvalue weighted by molar-refractivity contribution is 9.10. The molecule has 0 aliphatic carbocycles. The molecule has 0 saturated carbocycles. The normalized spacial score (nSPS) is 10.7. The predicted molar refractivity (Wildman–Crippen MR) is 102 cm³/mol. The van der Waals surface area contributed by atoms with Gasteiger partial charge in [-0.15, -0.1) is 5.10 Å². The highest BCUT2D eigenvalue weighted by Crippen LogP contribution is 2.20. The number of hydrogen-bond donors (Lipinski definition) is 2. The van der Waals surface area contributed by atoms with Crippen LogP contribution in [0.4, 0.5) is 24.5 Å². The molecule has 0 atom stereocenters. The lowest BCUT2D eigenvalue weighted by Gasteiger charge is -2.08. The molecule has 0 fully saturated rings. The van der Waals surface area contributed by atoms with Crippen LogP contribution < -0.4 is 10.6 Å². The fraction of sp³-hybridized carbons (Fsp3) is 0.111. The first-order chi connectivity index (χ1) is 13.7. The van der Waals surface area contributed by atoms with E-state index in [9.17, 15) is 22.8 Å². The third kappa shape index (κ3) is 4.80. The third-order valence-electron chi connectivity index (χ3n) is 3.88. The van der Waals surface area contributed by atoms with Crippen LogP contribution in [-0.2, 0) is 11.3 Å². The van der Waals surface area contributed by atoms with Crippen LogP contribution in [0.3, 0.4) is 0 Å². The molecular formula is C18H13BrF3N5O2. The average Bonchev–Trinajstić information content (AvgIpc) is 3.00. The van der Waals surface area contributed by atoms with Crippen molar-refractivity contribution in [3.05, 3.63) is 69.7 Å². The number of halogens is 4. The van der Waals surface area contributed by atoms with Crippen molar-refractivity contribution in [2.24, 2.45) is 0 Å². The SMILES string of the molecule is Cc1c(C(=O)Nc2ccc(F)cc2F)nnn1CC(=O)Nc1ccc(Br)cc1F. The molecular weight excluding hydrogens is 455 g/mol. The number of anilines is 2. The topological polar surface area (TPSA) is 88.9 Å². The molecule has 0 bridgehead atoms. The zero-order chi connectivity index (χ0) is 21.1. The van der Waals surface area contributed by atoms with Gasteiger partial charge in [-0.2, -0.15) is 0 Å². The van der Waals surface area contributed by atoms with Gasteiger partial charge in [-0.25, -0.2) is 17.9 Å². The number of amides is 2. The molecule has 1 aromatic heterocycles. The van der Waals surface area contributed by atoms with Crippen molar-refractivity contribution in [3.63, 3.8) is 0 Å². The van der Waals surface area contributed by atoms with Gasteiger partial charge in [0.2, 0.25) is 5.91 Å². The van der Waals surface area contributed by atoms with Crippen molar-refractivity contribution in [3.8, 4) is 0 Å². The summed E-state index contributed by atoms with van der Waals surface area (Å²) in [4.78, 5) is 24.5. The van der Waals surface area contributed by atoms with Crippen molar-refractivity contribution in [2.75, 3.05) is 10.6 Å². The fourth-order valence-corrected chi connectivity index (χ4v) is 2.74. The molecule has 150 valence electrons. The standard InChI is InChI=1S/C18H13BrF3N5O2/c1-9-17(18(29)24-15-5-3-11(20)7-13(15)22)25-26-27(9)8-16(28)23-14-4-2-10(19)6-12(14)21/h2-7H,8H2,1H3,(H,23,28)(H,24,29). The lowest BCUT2D eigenvalue weighted by atomic mass is 10.2. The minimum Gasteiger partial charge on any atom is -0.322 e. The smallest absolute Gasteiger partial charge is 0.278 e. The van der Waals surface area contributed by atoms with E-state index < -0.39 is 29.3 Å².